The summed E-state index contributed by atoms with van der Waals surface area (Å²) in [5.41, 5.74) is -0.226. The lowest BCUT2D eigenvalue weighted by atomic mass is 10.2. The molecule has 1 unspecified atom stereocenters. The van der Waals surface area contributed by atoms with Crippen LogP contribution in [0.2, 0.25) is 0 Å². The van der Waals surface area contributed by atoms with Gasteiger partial charge in [0.05, 0.1) is 0 Å². The Balaban J connectivity index is 2.00. The number of carbonyl (C=O) groups excluding carboxylic acids is 2. The molecule has 0 bridgehead atoms. The average Bonchev–Trinajstić information content (AvgIpc) is 2.52. The van der Waals surface area contributed by atoms with Crippen molar-refractivity contribution in [2.24, 2.45) is 0 Å². The number of anilines is 1. The van der Waals surface area contributed by atoms with Crippen molar-refractivity contribution < 1.29 is 14.3 Å². The van der Waals surface area contributed by atoms with Crippen LogP contribution < -0.4 is 10.2 Å². The fourth-order valence-corrected chi connectivity index (χ4v) is 2.50. The van der Waals surface area contributed by atoms with Crippen LogP contribution in [0.15, 0.2) is 12.1 Å². The first-order valence-electron chi connectivity index (χ1n) is 8.01. The molecular formula is C16H25N5O3. The Bertz CT molecular complexity index is 597. The molecule has 2 heterocycles. The fraction of sp³-hybridized carbons (Fsp3) is 0.625. The van der Waals surface area contributed by atoms with Crippen LogP contribution in [0.1, 0.15) is 38.2 Å². The molecule has 0 saturated carbocycles. The van der Waals surface area contributed by atoms with Crippen LogP contribution in [0.25, 0.3) is 0 Å². The number of aromatic nitrogens is 2. The van der Waals surface area contributed by atoms with Crippen LogP contribution in [-0.2, 0) is 4.74 Å². The normalized spacial score (nSPS) is 18.3. The molecule has 1 atom stereocenters. The number of amides is 2. The van der Waals surface area contributed by atoms with Gasteiger partial charge in [-0.3, -0.25) is 4.79 Å². The summed E-state index contributed by atoms with van der Waals surface area (Å²) in [5.74, 6) is 0.426. The Morgan fingerprint density at radius 3 is 2.46 bits per heavy atom. The predicted octanol–water partition coefficient (Wildman–Crippen LogP) is 1.28. The van der Waals surface area contributed by atoms with Gasteiger partial charge in [0.2, 0.25) is 0 Å². The van der Waals surface area contributed by atoms with E-state index in [4.69, 9.17) is 4.74 Å². The minimum absolute atomic E-state index is 0.00554. The topological polar surface area (TPSA) is 87.7 Å². The van der Waals surface area contributed by atoms with Gasteiger partial charge in [-0.05, 0) is 39.8 Å². The van der Waals surface area contributed by atoms with Crippen molar-refractivity contribution in [3.8, 4) is 0 Å². The minimum Gasteiger partial charge on any atom is -0.444 e. The molecule has 1 aromatic heterocycles. The molecule has 2 rings (SSSR count). The third-order valence-corrected chi connectivity index (χ3v) is 3.69. The molecule has 0 spiro atoms. The maximum absolute atomic E-state index is 12.2. The SMILES string of the molecule is CNC(=O)c1ccc(N2CCN(C(=O)OC(C)(C)C)C(C)C2)nn1. The summed E-state index contributed by atoms with van der Waals surface area (Å²) < 4.78 is 5.44. The average molecular weight is 335 g/mol. The lowest BCUT2D eigenvalue weighted by molar-refractivity contribution is 0.0158. The molecule has 8 heteroatoms. The third kappa shape index (κ3) is 4.33. The van der Waals surface area contributed by atoms with E-state index in [1.807, 2.05) is 32.6 Å². The minimum atomic E-state index is -0.505. The van der Waals surface area contributed by atoms with E-state index in [9.17, 15) is 9.59 Å². The summed E-state index contributed by atoms with van der Waals surface area (Å²) in [5, 5.41) is 10.6. The number of nitrogens with one attached hydrogen (secondary N) is 1. The zero-order valence-electron chi connectivity index (χ0n) is 14.9. The number of piperazine rings is 1. The van der Waals surface area contributed by atoms with Gasteiger partial charge in [-0.2, -0.15) is 0 Å². The Morgan fingerprint density at radius 2 is 1.96 bits per heavy atom. The highest BCUT2D eigenvalue weighted by atomic mass is 16.6. The number of carbonyl (C=O) groups is 2. The van der Waals surface area contributed by atoms with Crippen LogP contribution in [0.3, 0.4) is 0 Å². The van der Waals surface area contributed by atoms with Crippen molar-refractivity contribution in [3.63, 3.8) is 0 Å². The molecule has 2 amide bonds. The first kappa shape index (κ1) is 18.0. The molecule has 1 aromatic rings. The monoisotopic (exact) mass is 335 g/mol. The van der Waals surface area contributed by atoms with E-state index in [-0.39, 0.29) is 23.7 Å². The van der Waals surface area contributed by atoms with Gasteiger partial charge in [-0.15, -0.1) is 10.2 Å². The number of hydrogen-bond acceptors (Lipinski definition) is 6. The van der Waals surface area contributed by atoms with Gasteiger partial charge in [0.25, 0.3) is 5.91 Å². The molecule has 0 aliphatic carbocycles. The Labute approximate surface area is 142 Å². The molecule has 1 N–H and O–H groups in total. The zero-order chi connectivity index (χ0) is 17.9. The second kappa shape index (κ2) is 7.02. The van der Waals surface area contributed by atoms with Crippen molar-refractivity contribution in [2.75, 3.05) is 31.6 Å². The van der Waals surface area contributed by atoms with Crippen molar-refractivity contribution in [3.05, 3.63) is 17.8 Å². The standard InChI is InChI=1S/C16H25N5O3/c1-11-10-20(8-9-21(11)15(23)24-16(2,3)4)13-7-6-12(18-19-13)14(22)17-5/h6-7,11H,8-10H2,1-5H3,(H,17,22). The van der Waals surface area contributed by atoms with E-state index in [1.54, 1.807) is 24.1 Å². The molecule has 1 aliphatic heterocycles. The zero-order valence-corrected chi connectivity index (χ0v) is 14.9. The molecule has 24 heavy (non-hydrogen) atoms. The fourth-order valence-electron chi connectivity index (χ4n) is 2.50. The molecular weight excluding hydrogens is 310 g/mol. The van der Waals surface area contributed by atoms with Gasteiger partial charge >= 0.3 is 6.09 Å². The second-order valence-corrected chi connectivity index (χ2v) is 6.82. The van der Waals surface area contributed by atoms with Gasteiger partial charge in [0, 0.05) is 32.7 Å². The first-order chi connectivity index (χ1) is 11.2. The highest BCUT2D eigenvalue weighted by Crippen LogP contribution is 2.19. The van der Waals surface area contributed by atoms with E-state index < -0.39 is 5.60 Å². The maximum Gasteiger partial charge on any atom is 0.410 e. The predicted molar refractivity (Wildman–Crippen MR) is 90.0 cm³/mol. The summed E-state index contributed by atoms with van der Waals surface area (Å²) in [6, 6.07) is 3.41. The molecule has 0 aromatic carbocycles. The van der Waals surface area contributed by atoms with E-state index in [0.29, 0.717) is 25.5 Å². The van der Waals surface area contributed by atoms with Gasteiger partial charge in [0.1, 0.15) is 5.60 Å². The van der Waals surface area contributed by atoms with E-state index >= 15 is 0 Å². The summed E-state index contributed by atoms with van der Waals surface area (Å²) in [6.45, 7) is 9.36. The van der Waals surface area contributed by atoms with Crippen LogP contribution in [0.4, 0.5) is 10.6 Å². The van der Waals surface area contributed by atoms with Gasteiger partial charge < -0.3 is 19.9 Å². The molecule has 1 fully saturated rings. The smallest absolute Gasteiger partial charge is 0.410 e. The largest absolute Gasteiger partial charge is 0.444 e. The van der Waals surface area contributed by atoms with E-state index in [1.165, 1.54) is 0 Å². The van der Waals surface area contributed by atoms with Crippen molar-refractivity contribution in [1.82, 2.24) is 20.4 Å². The first-order valence-corrected chi connectivity index (χ1v) is 8.01. The third-order valence-electron chi connectivity index (χ3n) is 3.69. The van der Waals surface area contributed by atoms with Gasteiger partial charge in [-0.1, -0.05) is 0 Å². The molecule has 0 radical (unpaired) electrons. The summed E-state index contributed by atoms with van der Waals surface area (Å²) in [7, 11) is 1.55. The molecule has 132 valence electrons. The second-order valence-electron chi connectivity index (χ2n) is 6.82. The summed E-state index contributed by atoms with van der Waals surface area (Å²) >= 11 is 0. The molecule has 1 aliphatic rings. The van der Waals surface area contributed by atoms with E-state index in [0.717, 1.165) is 0 Å². The lowest BCUT2D eigenvalue weighted by Gasteiger charge is -2.40. The van der Waals surface area contributed by atoms with Crippen LogP contribution in [0.5, 0.6) is 0 Å². The number of hydrogen-bond donors (Lipinski definition) is 1. The van der Waals surface area contributed by atoms with Gasteiger partial charge in [-0.25, -0.2) is 4.79 Å². The van der Waals surface area contributed by atoms with Crippen LogP contribution in [0, 0.1) is 0 Å². The Morgan fingerprint density at radius 1 is 1.25 bits per heavy atom. The molecule has 1 saturated heterocycles. The van der Waals surface area contributed by atoms with Crippen LogP contribution >= 0.6 is 0 Å². The van der Waals surface area contributed by atoms with Crippen molar-refractivity contribution in [1.29, 1.82) is 0 Å². The summed E-state index contributed by atoms with van der Waals surface area (Å²) in [4.78, 5) is 27.5. The van der Waals surface area contributed by atoms with Crippen molar-refractivity contribution in [2.45, 2.75) is 39.3 Å². The lowest BCUT2D eigenvalue weighted by Crippen LogP contribution is -2.55. The molecule has 8 nitrogen and oxygen atoms in total. The maximum atomic E-state index is 12.2. The number of nitrogens with zero attached hydrogens (tertiary/aromatic N) is 4. The van der Waals surface area contributed by atoms with Gasteiger partial charge in [0.15, 0.2) is 11.5 Å². The Kier molecular flexibility index (Phi) is 5.26. The number of ether oxygens (including phenoxy) is 1. The number of rotatable bonds is 2. The highest BCUT2D eigenvalue weighted by Gasteiger charge is 2.31. The highest BCUT2D eigenvalue weighted by molar-refractivity contribution is 5.91. The summed E-state index contributed by atoms with van der Waals surface area (Å²) in [6.07, 6.45) is -0.296. The van der Waals surface area contributed by atoms with Crippen LogP contribution in [-0.4, -0.2) is 65.4 Å². The quantitative estimate of drug-likeness (QED) is 0.876. The van der Waals surface area contributed by atoms with E-state index in [2.05, 4.69) is 15.5 Å². The van der Waals surface area contributed by atoms with Crippen molar-refractivity contribution >= 4 is 17.8 Å². The Hall–Kier alpha value is -2.38.